The average molecular weight is 451 g/mol. The summed E-state index contributed by atoms with van der Waals surface area (Å²) in [4.78, 5) is 20.4. The summed E-state index contributed by atoms with van der Waals surface area (Å²) < 4.78 is 0. The van der Waals surface area contributed by atoms with Gasteiger partial charge in [-0.3, -0.25) is 9.79 Å². The van der Waals surface area contributed by atoms with Gasteiger partial charge in [-0.05, 0) is 19.8 Å². The molecule has 2 rings (SSSR count). The molecule has 130 valence electrons. The van der Waals surface area contributed by atoms with Crippen LogP contribution in [0, 0.1) is 6.92 Å². The maximum Gasteiger partial charge on any atom is 0.239 e. The van der Waals surface area contributed by atoms with Gasteiger partial charge in [-0.25, -0.2) is 4.98 Å². The highest BCUT2D eigenvalue weighted by molar-refractivity contribution is 14.0. The zero-order valence-electron chi connectivity index (χ0n) is 13.7. The van der Waals surface area contributed by atoms with Gasteiger partial charge >= 0.3 is 0 Å². The first kappa shape index (κ1) is 20.1. The number of aromatic nitrogens is 1. The molecule has 0 atom stereocenters. The SMILES string of the molecule is CN=C(NCC(=O)NC1CCCCC1)NCc1nc(C)cs1.I. The van der Waals surface area contributed by atoms with E-state index in [1.807, 2.05) is 12.3 Å². The van der Waals surface area contributed by atoms with Crippen LogP contribution >= 0.6 is 35.3 Å². The van der Waals surface area contributed by atoms with E-state index < -0.39 is 0 Å². The van der Waals surface area contributed by atoms with Gasteiger partial charge in [0.2, 0.25) is 5.91 Å². The molecule has 0 saturated heterocycles. The third kappa shape index (κ3) is 7.47. The number of aliphatic imine (C=N–C) groups is 1. The standard InChI is InChI=1S/C15H25N5OS.HI/c1-11-10-22-14(19-11)9-18-15(16-2)17-8-13(21)20-12-6-4-3-5-7-12;/h10,12H,3-9H2,1-2H3,(H,20,21)(H2,16,17,18);1H. The summed E-state index contributed by atoms with van der Waals surface area (Å²) in [5, 5.41) is 12.3. The van der Waals surface area contributed by atoms with Crippen LogP contribution in [0.15, 0.2) is 10.4 Å². The van der Waals surface area contributed by atoms with Crippen molar-refractivity contribution < 1.29 is 4.79 Å². The Hall–Kier alpha value is -0.900. The van der Waals surface area contributed by atoms with Crippen LogP contribution < -0.4 is 16.0 Å². The number of halogens is 1. The number of hydrogen-bond acceptors (Lipinski definition) is 4. The van der Waals surface area contributed by atoms with E-state index in [9.17, 15) is 4.79 Å². The molecule has 8 heteroatoms. The summed E-state index contributed by atoms with van der Waals surface area (Å²) in [6, 6.07) is 0.344. The Labute approximate surface area is 159 Å². The minimum atomic E-state index is 0. The van der Waals surface area contributed by atoms with Gasteiger partial charge in [0, 0.05) is 24.2 Å². The highest BCUT2D eigenvalue weighted by Crippen LogP contribution is 2.17. The van der Waals surface area contributed by atoms with Crippen molar-refractivity contribution in [3.05, 3.63) is 16.1 Å². The minimum Gasteiger partial charge on any atom is -0.352 e. The lowest BCUT2D eigenvalue weighted by atomic mass is 9.95. The van der Waals surface area contributed by atoms with E-state index in [0.717, 1.165) is 23.5 Å². The van der Waals surface area contributed by atoms with Crippen molar-refractivity contribution >= 4 is 47.2 Å². The predicted molar refractivity (Wildman–Crippen MR) is 105 cm³/mol. The number of thiazole rings is 1. The van der Waals surface area contributed by atoms with Crippen LogP contribution in [0.2, 0.25) is 0 Å². The maximum atomic E-state index is 11.9. The molecule has 1 heterocycles. The van der Waals surface area contributed by atoms with Gasteiger partial charge in [-0.1, -0.05) is 19.3 Å². The van der Waals surface area contributed by atoms with Crippen molar-refractivity contribution in [1.82, 2.24) is 20.9 Å². The Morgan fingerprint density at radius 1 is 1.35 bits per heavy atom. The summed E-state index contributed by atoms with van der Waals surface area (Å²) >= 11 is 1.61. The van der Waals surface area contributed by atoms with E-state index >= 15 is 0 Å². The highest BCUT2D eigenvalue weighted by Gasteiger charge is 2.15. The summed E-state index contributed by atoms with van der Waals surface area (Å²) in [6.45, 7) is 2.83. The second-order valence-electron chi connectivity index (χ2n) is 5.56. The summed E-state index contributed by atoms with van der Waals surface area (Å²) in [6.07, 6.45) is 5.92. The number of amides is 1. The molecule has 1 aliphatic carbocycles. The fourth-order valence-corrected chi connectivity index (χ4v) is 3.26. The van der Waals surface area contributed by atoms with E-state index in [2.05, 4.69) is 25.9 Å². The van der Waals surface area contributed by atoms with Crippen LogP contribution in [-0.4, -0.2) is 36.5 Å². The fraction of sp³-hybridized carbons (Fsp3) is 0.667. The molecule has 3 N–H and O–H groups in total. The first-order valence-corrected chi connectivity index (χ1v) is 8.70. The number of rotatable bonds is 5. The predicted octanol–water partition coefficient (Wildman–Crippen LogP) is 2.18. The number of guanidine groups is 1. The zero-order valence-corrected chi connectivity index (χ0v) is 16.9. The fourth-order valence-electron chi connectivity index (χ4n) is 2.55. The molecule has 6 nitrogen and oxygen atoms in total. The summed E-state index contributed by atoms with van der Waals surface area (Å²) in [5.74, 6) is 0.645. The molecule has 23 heavy (non-hydrogen) atoms. The number of nitrogens with zero attached hydrogens (tertiary/aromatic N) is 2. The normalized spacial score (nSPS) is 15.7. The van der Waals surface area contributed by atoms with E-state index in [1.165, 1.54) is 19.3 Å². The largest absolute Gasteiger partial charge is 0.352 e. The quantitative estimate of drug-likeness (QED) is 0.365. The van der Waals surface area contributed by atoms with Crippen LogP contribution in [0.3, 0.4) is 0 Å². The Balaban J connectivity index is 0.00000264. The summed E-state index contributed by atoms with van der Waals surface area (Å²) in [7, 11) is 1.70. The van der Waals surface area contributed by atoms with Crippen molar-refractivity contribution in [2.45, 2.75) is 51.6 Å². The lowest BCUT2D eigenvalue weighted by Crippen LogP contribution is -2.45. The zero-order chi connectivity index (χ0) is 15.8. The molecule has 0 spiro atoms. The van der Waals surface area contributed by atoms with Crippen LogP contribution in [0.25, 0.3) is 0 Å². The number of aryl methyl sites for hydroxylation is 1. The molecular formula is C15H26IN5OS. The van der Waals surface area contributed by atoms with Crippen molar-refractivity contribution in [2.24, 2.45) is 4.99 Å². The lowest BCUT2D eigenvalue weighted by Gasteiger charge is -2.23. The van der Waals surface area contributed by atoms with Crippen LogP contribution in [0.1, 0.15) is 42.8 Å². The third-order valence-electron chi connectivity index (χ3n) is 3.68. The maximum absolute atomic E-state index is 11.9. The number of nitrogens with one attached hydrogen (secondary N) is 3. The second-order valence-corrected chi connectivity index (χ2v) is 6.51. The van der Waals surface area contributed by atoms with E-state index in [1.54, 1.807) is 18.4 Å². The van der Waals surface area contributed by atoms with Gasteiger partial charge in [0.05, 0.1) is 13.1 Å². The molecule has 1 aromatic heterocycles. The van der Waals surface area contributed by atoms with E-state index in [4.69, 9.17) is 0 Å². The smallest absolute Gasteiger partial charge is 0.239 e. The summed E-state index contributed by atoms with van der Waals surface area (Å²) in [5.41, 5.74) is 1.02. The average Bonchev–Trinajstić information content (AvgIpc) is 2.94. The number of carbonyl (C=O) groups is 1. The minimum absolute atomic E-state index is 0. The first-order valence-electron chi connectivity index (χ1n) is 7.82. The van der Waals surface area contributed by atoms with Crippen molar-refractivity contribution in [2.75, 3.05) is 13.6 Å². The molecule has 1 aliphatic rings. The Bertz CT molecular complexity index is 514. The van der Waals surface area contributed by atoms with Gasteiger partial charge in [0.1, 0.15) is 5.01 Å². The van der Waals surface area contributed by atoms with Crippen LogP contribution in [-0.2, 0) is 11.3 Å². The molecule has 0 radical (unpaired) electrons. The van der Waals surface area contributed by atoms with Gasteiger partial charge in [0.25, 0.3) is 0 Å². The second kappa shape index (κ2) is 10.8. The number of carbonyl (C=O) groups excluding carboxylic acids is 1. The third-order valence-corrected chi connectivity index (χ3v) is 4.65. The molecule has 0 aliphatic heterocycles. The lowest BCUT2D eigenvalue weighted by molar-refractivity contribution is -0.120. The number of hydrogen-bond donors (Lipinski definition) is 3. The van der Waals surface area contributed by atoms with Gasteiger partial charge in [0.15, 0.2) is 5.96 Å². The Morgan fingerprint density at radius 2 is 2.09 bits per heavy atom. The molecule has 1 aromatic rings. The van der Waals surface area contributed by atoms with Crippen molar-refractivity contribution in [3.8, 4) is 0 Å². The topological polar surface area (TPSA) is 78.4 Å². The molecule has 1 amide bonds. The van der Waals surface area contributed by atoms with Gasteiger partial charge < -0.3 is 16.0 Å². The van der Waals surface area contributed by atoms with Crippen LogP contribution in [0.5, 0.6) is 0 Å². The molecule has 0 bridgehead atoms. The van der Waals surface area contributed by atoms with E-state index in [-0.39, 0.29) is 36.4 Å². The monoisotopic (exact) mass is 451 g/mol. The Morgan fingerprint density at radius 3 is 2.70 bits per heavy atom. The molecular weight excluding hydrogens is 425 g/mol. The first-order chi connectivity index (χ1) is 10.7. The Kier molecular flexibility index (Phi) is 9.46. The van der Waals surface area contributed by atoms with Crippen molar-refractivity contribution in [1.29, 1.82) is 0 Å². The van der Waals surface area contributed by atoms with Gasteiger partial charge in [-0.15, -0.1) is 35.3 Å². The molecule has 0 aromatic carbocycles. The van der Waals surface area contributed by atoms with Crippen molar-refractivity contribution in [3.63, 3.8) is 0 Å². The van der Waals surface area contributed by atoms with Gasteiger partial charge in [-0.2, -0.15) is 0 Å². The molecule has 0 unspecified atom stereocenters. The molecule has 1 saturated carbocycles. The molecule has 1 fully saturated rings. The van der Waals surface area contributed by atoms with E-state index in [0.29, 0.717) is 18.5 Å². The van der Waals surface area contributed by atoms with Crippen LogP contribution in [0.4, 0.5) is 0 Å². The highest BCUT2D eigenvalue weighted by atomic mass is 127.